The number of nitrogens with one attached hydrogen (secondary N) is 1. The summed E-state index contributed by atoms with van der Waals surface area (Å²) in [5, 5.41) is 3.79. The van der Waals surface area contributed by atoms with Gasteiger partial charge in [-0.1, -0.05) is 18.2 Å². The minimum Gasteiger partial charge on any atom is -0.497 e. The first-order chi connectivity index (χ1) is 13.7. The number of nitrogens with zero attached hydrogens (tertiary/aromatic N) is 1. The molecule has 0 fully saturated rings. The van der Waals surface area contributed by atoms with E-state index in [1.54, 1.807) is 27.5 Å². The molecule has 1 aliphatic heterocycles. The zero-order valence-electron chi connectivity index (χ0n) is 16.3. The van der Waals surface area contributed by atoms with Gasteiger partial charge in [0.1, 0.15) is 5.75 Å². The summed E-state index contributed by atoms with van der Waals surface area (Å²) >= 11 is 0. The van der Waals surface area contributed by atoms with Gasteiger partial charge in [-0.3, -0.25) is 10.3 Å². The Bertz CT molecular complexity index is 942. The minimum absolute atomic E-state index is 0.0275. The van der Waals surface area contributed by atoms with E-state index in [4.69, 9.17) is 14.2 Å². The van der Waals surface area contributed by atoms with Crippen molar-refractivity contribution < 1.29 is 14.2 Å². The van der Waals surface area contributed by atoms with Crippen molar-refractivity contribution in [2.45, 2.75) is 18.5 Å². The summed E-state index contributed by atoms with van der Waals surface area (Å²) in [7, 11) is 5.02. The number of pyridine rings is 1. The molecule has 2 atom stereocenters. The number of rotatable bonds is 5. The van der Waals surface area contributed by atoms with Crippen LogP contribution < -0.4 is 19.5 Å². The maximum Gasteiger partial charge on any atom is 0.161 e. The summed E-state index contributed by atoms with van der Waals surface area (Å²) < 4.78 is 16.4. The molecule has 0 amide bonds. The van der Waals surface area contributed by atoms with Crippen LogP contribution in [0.25, 0.3) is 0 Å². The van der Waals surface area contributed by atoms with Crippen molar-refractivity contribution in [2.24, 2.45) is 0 Å². The molecule has 0 spiro atoms. The number of methoxy groups -OCH3 is 3. The number of aromatic nitrogens is 1. The third kappa shape index (κ3) is 3.41. The molecule has 4 rings (SSSR count). The fourth-order valence-electron chi connectivity index (χ4n) is 3.82. The molecular formula is C23H24N2O3. The molecule has 0 aliphatic carbocycles. The van der Waals surface area contributed by atoms with E-state index in [1.165, 1.54) is 22.3 Å². The Balaban J connectivity index is 1.81. The second-order valence-electron chi connectivity index (χ2n) is 6.82. The normalized spacial score (nSPS) is 18.2. The molecule has 1 aromatic heterocycles. The average Bonchev–Trinajstić information content (AvgIpc) is 2.78. The lowest BCUT2D eigenvalue weighted by Crippen LogP contribution is -2.34. The molecular weight excluding hydrogens is 352 g/mol. The van der Waals surface area contributed by atoms with E-state index in [0.29, 0.717) is 0 Å². The third-order valence-corrected chi connectivity index (χ3v) is 5.28. The van der Waals surface area contributed by atoms with Gasteiger partial charge in [0.05, 0.1) is 27.4 Å². The van der Waals surface area contributed by atoms with Crippen LogP contribution in [0, 0.1) is 0 Å². The SMILES string of the molecule is COc1ccc([C@@H]2N[C@H](c3cccnc3)Cc3cc(OC)c(OC)cc32)cc1. The molecule has 0 saturated carbocycles. The molecule has 2 aromatic carbocycles. The predicted molar refractivity (Wildman–Crippen MR) is 108 cm³/mol. The van der Waals surface area contributed by atoms with Crippen LogP contribution >= 0.6 is 0 Å². The van der Waals surface area contributed by atoms with Gasteiger partial charge in [0.2, 0.25) is 0 Å². The zero-order valence-corrected chi connectivity index (χ0v) is 16.3. The number of fused-ring (bicyclic) bond motifs is 1. The van der Waals surface area contributed by atoms with E-state index in [0.717, 1.165) is 23.7 Å². The van der Waals surface area contributed by atoms with Gasteiger partial charge < -0.3 is 14.2 Å². The van der Waals surface area contributed by atoms with Crippen molar-refractivity contribution in [3.05, 3.63) is 83.2 Å². The molecule has 0 saturated heterocycles. The van der Waals surface area contributed by atoms with E-state index in [1.807, 2.05) is 24.4 Å². The predicted octanol–water partition coefficient (Wildman–Crippen LogP) is 4.08. The molecule has 28 heavy (non-hydrogen) atoms. The van der Waals surface area contributed by atoms with Gasteiger partial charge in [0.15, 0.2) is 11.5 Å². The highest BCUT2D eigenvalue weighted by Crippen LogP contribution is 2.41. The number of hydrogen-bond donors (Lipinski definition) is 1. The van der Waals surface area contributed by atoms with E-state index in [2.05, 4.69) is 40.6 Å². The van der Waals surface area contributed by atoms with Gasteiger partial charge >= 0.3 is 0 Å². The monoisotopic (exact) mass is 376 g/mol. The highest BCUT2D eigenvalue weighted by Gasteiger charge is 2.30. The molecule has 5 heteroatoms. The summed E-state index contributed by atoms with van der Waals surface area (Å²) in [4.78, 5) is 4.30. The first-order valence-electron chi connectivity index (χ1n) is 9.28. The Hall–Kier alpha value is -3.05. The van der Waals surface area contributed by atoms with Gasteiger partial charge in [0.25, 0.3) is 0 Å². The first-order valence-corrected chi connectivity index (χ1v) is 9.28. The number of benzene rings is 2. The number of hydrogen-bond acceptors (Lipinski definition) is 5. The van der Waals surface area contributed by atoms with E-state index >= 15 is 0 Å². The summed E-state index contributed by atoms with van der Waals surface area (Å²) in [6.45, 7) is 0. The molecule has 2 heterocycles. The Morgan fingerprint density at radius 3 is 2.29 bits per heavy atom. The van der Waals surface area contributed by atoms with E-state index in [-0.39, 0.29) is 12.1 Å². The molecule has 1 N–H and O–H groups in total. The lowest BCUT2D eigenvalue weighted by molar-refractivity contribution is 0.351. The summed E-state index contributed by atoms with van der Waals surface area (Å²) in [5.74, 6) is 2.33. The molecule has 0 unspecified atom stereocenters. The Morgan fingerprint density at radius 1 is 0.893 bits per heavy atom. The second kappa shape index (κ2) is 7.90. The van der Waals surface area contributed by atoms with Gasteiger partial charge in [-0.2, -0.15) is 0 Å². The van der Waals surface area contributed by atoms with Crippen LogP contribution in [0.2, 0.25) is 0 Å². The van der Waals surface area contributed by atoms with Crippen molar-refractivity contribution in [1.82, 2.24) is 10.3 Å². The van der Waals surface area contributed by atoms with Crippen LogP contribution in [0.1, 0.15) is 34.3 Å². The fourth-order valence-corrected chi connectivity index (χ4v) is 3.82. The second-order valence-corrected chi connectivity index (χ2v) is 6.82. The van der Waals surface area contributed by atoms with Crippen LogP contribution in [0.3, 0.4) is 0 Å². The Labute approximate surface area is 165 Å². The highest BCUT2D eigenvalue weighted by atomic mass is 16.5. The maximum atomic E-state index is 5.55. The topological polar surface area (TPSA) is 52.6 Å². The largest absolute Gasteiger partial charge is 0.497 e. The molecule has 3 aromatic rings. The van der Waals surface area contributed by atoms with Gasteiger partial charge in [-0.05, 0) is 59.0 Å². The van der Waals surface area contributed by atoms with Crippen molar-refractivity contribution in [3.63, 3.8) is 0 Å². The Kier molecular flexibility index (Phi) is 5.17. The third-order valence-electron chi connectivity index (χ3n) is 5.28. The average molecular weight is 376 g/mol. The quantitative estimate of drug-likeness (QED) is 0.727. The van der Waals surface area contributed by atoms with Crippen molar-refractivity contribution in [1.29, 1.82) is 0 Å². The van der Waals surface area contributed by atoms with Crippen LogP contribution in [0.4, 0.5) is 0 Å². The van der Waals surface area contributed by atoms with Crippen molar-refractivity contribution in [2.75, 3.05) is 21.3 Å². The minimum atomic E-state index is 0.0275. The maximum absolute atomic E-state index is 5.55. The summed E-state index contributed by atoms with van der Waals surface area (Å²) in [5.41, 5.74) is 4.78. The standard InChI is InChI=1S/C23H24N2O3/c1-26-18-8-6-15(7-9-18)23-19-13-22(28-3)21(27-2)12-17(19)11-20(25-23)16-5-4-10-24-14-16/h4-10,12-14,20,23,25H,11H2,1-3H3/t20-,23-/m0/s1. The van der Waals surface area contributed by atoms with Crippen LogP contribution in [0.5, 0.6) is 17.2 Å². The molecule has 0 bridgehead atoms. The number of ether oxygens (including phenoxy) is 3. The lowest BCUT2D eigenvalue weighted by Gasteiger charge is -2.34. The van der Waals surface area contributed by atoms with Crippen molar-refractivity contribution >= 4 is 0 Å². The highest BCUT2D eigenvalue weighted by molar-refractivity contribution is 5.52. The summed E-state index contributed by atoms with van der Waals surface area (Å²) in [6.07, 6.45) is 4.58. The van der Waals surface area contributed by atoms with E-state index in [9.17, 15) is 0 Å². The van der Waals surface area contributed by atoms with Crippen LogP contribution in [-0.4, -0.2) is 26.3 Å². The molecule has 5 nitrogen and oxygen atoms in total. The van der Waals surface area contributed by atoms with Gasteiger partial charge in [0, 0.05) is 18.4 Å². The fraction of sp³-hybridized carbons (Fsp3) is 0.261. The van der Waals surface area contributed by atoms with Crippen molar-refractivity contribution in [3.8, 4) is 17.2 Å². The zero-order chi connectivity index (χ0) is 19.5. The van der Waals surface area contributed by atoms with Gasteiger partial charge in [-0.25, -0.2) is 0 Å². The molecule has 144 valence electrons. The lowest BCUT2D eigenvalue weighted by atomic mass is 9.84. The van der Waals surface area contributed by atoms with Crippen LogP contribution in [-0.2, 0) is 6.42 Å². The van der Waals surface area contributed by atoms with Gasteiger partial charge in [-0.15, -0.1) is 0 Å². The summed E-state index contributed by atoms with van der Waals surface area (Å²) in [6, 6.07) is 16.6. The smallest absolute Gasteiger partial charge is 0.161 e. The first kappa shape index (κ1) is 18.3. The molecule has 0 radical (unpaired) electrons. The van der Waals surface area contributed by atoms with E-state index < -0.39 is 0 Å². The Morgan fingerprint density at radius 2 is 1.64 bits per heavy atom. The molecule has 1 aliphatic rings. The van der Waals surface area contributed by atoms with Crippen LogP contribution in [0.15, 0.2) is 60.9 Å².